The number of thiazole rings is 1. The van der Waals surface area contributed by atoms with Crippen LogP contribution < -0.4 is 10.1 Å². The monoisotopic (exact) mass is 844 g/mol. The number of likely N-dealkylation sites (N-methyl/N-ethyl adjacent to an activating group) is 1. The number of benzene rings is 1. The number of hydrogen-bond donors (Lipinski definition) is 1. The number of ether oxygens (including phenoxy) is 2. The molecule has 1 aromatic carbocycles. The standard InChI is InChI=1S/C43H65BrN4O6S/c1-31(47(5)42(52)54-43(2,3)4)39(50)46-37(32-21-15-14-16-22-32)41(51)48-27-20-25-36(48)40-45-35(30-55-40)38(49)33-23-19-24-34(29-33)53-28-18-13-11-9-7-6-8-10-12-17-26-44/h19,23-24,29-32,36-37H,6-18,20-22,25-28H2,1-5H3,(H,46,50)/t31-,36-,37-/m0/s1. The molecule has 0 bridgehead atoms. The number of carbonyl (C=O) groups is 4. The molecule has 306 valence electrons. The van der Waals surface area contributed by atoms with Gasteiger partial charge in [0.25, 0.3) is 0 Å². The van der Waals surface area contributed by atoms with Crippen molar-refractivity contribution in [3.8, 4) is 5.75 Å². The first-order chi connectivity index (χ1) is 26.4. The fraction of sp³-hybridized carbons (Fsp3) is 0.698. The van der Waals surface area contributed by atoms with E-state index in [-0.39, 0.29) is 29.6 Å². The van der Waals surface area contributed by atoms with Crippen LogP contribution in [-0.4, -0.2) is 81.7 Å². The Morgan fingerprint density at radius 2 is 1.60 bits per heavy atom. The Morgan fingerprint density at radius 1 is 0.945 bits per heavy atom. The van der Waals surface area contributed by atoms with E-state index in [1.54, 1.807) is 45.2 Å². The van der Waals surface area contributed by atoms with E-state index in [0.717, 1.165) is 68.1 Å². The molecule has 0 unspecified atom stereocenters. The molecule has 3 amide bonds. The summed E-state index contributed by atoms with van der Waals surface area (Å²) in [5.74, 6) is -0.00779. The van der Waals surface area contributed by atoms with Gasteiger partial charge in [-0.05, 0) is 84.3 Å². The Kier molecular flexibility index (Phi) is 18.4. The molecule has 1 aliphatic heterocycles. The van der Waals surface area contributed by atoms with Crippen molar-refractivity contribution in [3.05, 3.63) is 45.9 Å². The molecule has 1 N–H and O–H groups in total. The van der Waals surface area contributed by atoms with Gasteiger partial charge in [-0.2, -0.15) is 0 Å². The van der Waals surface area contributed by atoms with Crippen molar-refractivity contribution in [1.82, 2.24) is 20.1 Å². The summed E-state index contributed by atoms with van der Waals surface area (Å²) in [5.41, 5.74) is 0.183. The van der Waals surface area contributed by atoms with Crippen molar-refractivity contribution in [2.24, 2.45) is 5.92 Å². The highest BCUT2D eigenvalue weighted by molar-refractivity contribution is 9.09. The summed E-state index contributed by atoms with van der Waals surface area (Å²) in [5, 5.41) is 6.68. The minimum atomic E-state index is -0.831. The van der Waals surface area contributed by atoms with Crippen LogP contribution in [0.2, 0.25) is 0 Å². The normalized spacial score (nSPS) is 17.4. The van der Waals surface area contributed by atoms with Gasteiger partial charge in [-0.1, -0.05) is 98.7 Å². The second-order valence-corrected chi connectivity index (χ2v) is 18.0. The third-order valence-corrected chi connectivity index (χ3v) is 12.3. The Morgan fingerprint density at radius 3 is 2.25 bits per heavy atom. The van der Waals surface area contributed by atoms with Crippen molar-refractivity contribution in [1.29, 1.82) is 0 Å². The number of hydrogen-bond acceptors (Lipinski definition) is 8. The second kappa shape index (κ2) is 22.7. The van der Waals surface area contributed by atoms with Gasteiger partial charge in [-0.25, -0.2) is 9.78 Å². The van der Waals surface area contributed by atoms with Crippen LogP contribution in [0.5, 0.6) is 5.75 Å². The Labute approximate surface area is 342 Å². The number of likely N-dealkylation sites (tertiary alicyclic amines) is 1. The number of carbonyl (C=O) groups excluding carboxylic acids is 4. The molecule has 0 radical (unpaired) electrons. The van der Waals surface area contributed by atoms with E-state index in [1.807, 2.05) is 17.0 Å². The van der Waals surface area contributed by atoms with E-state index >= 15 is 0 Å². The van der Waals surface area contributed by atoms with Crippen molar-refractivity contribution >= 4 is 51.0 Å². The average Bonchev–Trinajstić information content (AvgIpc) is 3.87. The quantitative estimate of drug-likeness (QED) is 0.0755. The lowest BCUT2D eigenvalue weighted by molar-refractivity contribution is -0.140. The zero-order valence-electron chi connectivity index (χ0n) is 33.9. The minimum Gasteiger partial charge on any atom is -0.494 e. The van der Waals surface area contributed by atoms with E-state index in [1.165, 1.54) is 74.7 Å². The molecule has 10 nitrogen and oxygen atoms in total. The molecule has 2 fully saturated rings. The number of amides is 3. The van der Waals surface area contributed by atoms with Gasteiger partial charge in [-0.3, -0.25) is 19.3 Å². The van der Waals surface area contributed by atoms with Crippen LogP contribution in [0.3, 0.4) is 0 Å². The molecule has 2 aromatic rings. The highest BCUT2D eigenvalue weighted by Crippen LogP contribution is 2.37. The van der Waals surface area contributed by atoms with E-state index < -0.39 is 23.8 Å². The zero-order valence-corrected chi connectivity index (χ0v) is 36.3. The van der Waals surface area contributed by atoms with E-state index in [0.29, 0.717) is 30.2 Å². The largest absolute Gasteiger partial charge is 0.494 e. The SMILES string of the molecule is C[C@@H](C(=O)N[C@H](C(=O)N1CCC[C@H]1c1nc(C(=O)c2cccc(OCCCCCCCCCCCCBr)c2)cs1)C1CCCCC1)N(C)C(=O)OC(C)(C)C. The number of nitrogens with zero attached hydrogens (tertiary/aromatic N) is 3. The predicted molar refractivity (Wildman–Crippen MR) is 223 cm³/mol. The van der Waals surface area contributed by atoms with Crippen LogP contribution in [0.15, 0.2) is 29.6 Å². The average molecular weight is 846 g/mol. The minimum absolute atomic E-state index is 0.00196. The van der Waals surface area contributed by atoms with Crippen LogP contribution in [0.4, 0.5) is 4.79 Å². The molecular formula is C43H65BrN4O6S. The first-order valence-electron chi connectivity index (χ1n) is 20.7. The number of unbranched alkanes of at least 4 members (excludes halogenated alkanes) is 9. The van der Waals surface area contributed by atoms with Gasteiger partial charge in [0, 0.05) is 29.9 Å². The Bertz CT molecular complexity index is 1520. The van der Waals surface area contributed by atoms with Gasteiger partial charge >= 0.3 is 6.09 Å². The molecule has 2 aliphatic rings. The number of ketones is 1. The summed E-state index contributed by atoms with van der Waals surface area (Å²) in [6.45, 7) is 8.16. The van der Waals surface area contributed by atoms with Crippen LogP contribution in [-0.2, 0) is 14.3 Å². The topological polar surface area (TPSA) is 118 Å². The number of nitrogens with one attached hydrogen (secondary N) is 1. The summed E-state index contributed by atoms with van der Waals surface area (Å²) in [6.07, 6.45) is 18.3. The maximum atomic E-state index is 14.4. The van der Waals surface area contributed by atoms with E-state index in [9.17, 15) is 19.2 Å². The maximum Gasteiger partial charge on any atom is 0.410 e. The highest BCUT2D eigenvalue weighted by atomic mass is 79.9. The third kappa shape index (κ3) is 14.2. The summed E-state index contributed by atoms with van der Waals surface area (Å²) in [7, 11) is 1.54. The van der Waals surface area contributed by atoms with Crippen LogP contribution in [0.1, 0.15) is 164 Å². The summed E-state index contributed by atoms with van der Waals surface area (Å²) < 4.78 is 11.5. The second-order valence-electron chi connectivity index (χ2n) is 16.3. The van der Waals surface area contributed by atoms with Crippen molar-refractivity contribution in [2.45, 2.75) is 161 Å². The van der Waals surface area contributed by atoms with Gasteiger partial charge in [0.2, 0.25) is 17.6 Å². The smallest absolute Gasteiger partial charge is 0.410 e. The lowest BCUT2D eigenvalue weighted by atomic mass is 9.83. The van der Waals surface area contributed by atoms with Gasteiger partial charge in [-0.15, -0.1) is 11.3 Å². The fourth-order valence-corrected chi connectivity index (χ4v) is 8.82. The molecule has 1 aromatic heterocycles. The zero-order chi connectivity index (χ0) is 39.8. The van der Waals surface area contributed by atoms with Crippen LogP contribution in [0, 0.1) is 5.92 Å². The molecule has 1 aliphatic carbocycles. The molecule has 1 saturated carbocycles. The molecule has 12 heteroatoms. The first kappa shape index (κ1) is 44.7. The van der Waals surface area contributed by atoms with Crippen molar-refractivity contribution < 1.29 is 28.7 Å². The summed E-state index contributed by atoms with van der Waals surface area (Å²) in [4.78, 5) is 62.2. The number of rotatable bonds is 21. The molecule has 2 heterocycles. The third-order valence-electron chi connectivity index (χ3n) is 10.8. The molecule has 4 rings (SSSR count). The Balaban J connectivity index is 1.33. The fourth-order valence-electron chi connectivity index (χ4n) is 7.48. The van der Waals surface area contributed by atoms with Gasteiger partial charge in [0.05, 0.1) is 12.6 Å². The van der Waals surface area contributed by atoms with E-state index in [4.69, 9.17) is 14.5 Å². The molecule has 0 spiro atoms. The molecule has 55 heavy (non-hydrogen) atoms. The number of alkyl halides is 1. The molecular weight excluding hydrogens is 780 g/mol. The maximum absolute atomic E-state index is 14.4. The first-order valence-corrected chi connectivity index (χ1v) is 22.8. The molecule has 1 saturated heterocycles. The lowest BCUT2D eigenvalue weighted by Gasteiger charge is -2.36. The van der Waals surface area contributed by atoms with Gasteiger partial charge in [0.15, 0.2) is 0 Å². The summed E-state index contributed by atoms with van der Waals surface area (Å²) in [6, 6.07) is 5.50. The van der Waals surface area contributed by atoms with Crippen molar-refractivity contribution in [3.63, 3.8) is 0 Å². The van der Waals surface area contributed by atoms with Crippen molar-refractivity contribution in [2.75, 3.05) is 25.5 Å². The summed E-state index contributed by atoms with van der Waals surface area (Å²) >= 11 is 4.90. The number of halogens is 1. The lowest BCUT2D eigenvalue weighted by Crippen LogP contribution is -2.56. The van der Waals surface area contributed by atoms with E-state index in [2.05, 4.69) is 21.2 Å². The van der Waals surface area contributed by atoms with Gasteiger partial charge in [0.1, 0.15) is 34.1 Å². The predicted octanol–water partition coefficient (Wildman–Crippen LogP) is 10.0. The Hall–Kier alpha value is -2.99. The highest BCUT2D eigenvalue weighted by Gasteiger charge is 2.41. The molecule has 3 atom stereocenters. The number of aromatic nitrogens is 1. The van der Waals surface area contributed by atoms with Crippen LogP contribution in [0.25, 0.3) is 0 Å². The van der Waals surface area contributed by atoms with Gasteiger partial charge < -0.3 is 19.7 Å². The van der Waals surface area contributed by atoms with Crippen LogP contribution >= 0.6 is 27.3 Å².